The van der Waals surface area contributed by atoms with E-state index in [4.69, 9.17) is 0 Å². The molecule has 21 heavy (non-hydrogen) atoms. The number of hydrogen-bond acceptors (Lipinski definition) is 2. The molecule has 1 aromatic carbocycles. The minimum atomic E-state index is -0.576. The minimum Gasteiger partial charge on any atom is -0.354 e. The Kier molecular flexibility index (Phi) is 6.68. The number of hydrogen-bond donors (Lipinski definition) is 3. The highest BCUT2D eigenvalue weighted by Gasteiger charge is 2.16. The van der Waals surface area contributed by atoms with Gasteiger partial charge in [0, 0.05) is 16.7 Å². The topological polar surface area (TPSA) is 70.2 Å². The van der Waals surface area contributed by atoms with Crippen molar-refractivity contribution in [1.29, 1.82) is 0 Å². The molecule has 0 saturated carbocycles. The maximum absolute atomic E-state index is 12.0. The molecule has 0 spiro atoms. The van der Waals surface area contributed by atoms with Gasteiger partial charge in [0.1, 0.15) is 6.04 Å². The Bertz CT molecular complexity index is 509. The first-order chi connectivity index (χ1) is 9.85. The molecule has 6 heteroatoms. The number of rotatable bonds is 5. The predicted molar refractivity (Wildman–Crippen MR) is 88.5 cm³/mol. The third kappa shape index (κ3) is 5.38. The summed E-state index contributed by atoms with van der Waals surface area (Å²) in [5, 5.41) is 8.17. The van der Waals surface area contributed by atoms with Gasteiger partial charge in [0.05, 0.1) is 0 Å². The summed E-state index contributed by atoms with van der Waals surface area (Å²) in [6.45, 7) is 8.09. The van der Waals surface area contributed by atoms with Crippen molar-refractivity contribution in [3.8, 4) is 0 Å². The van der Waals surface area contributed by atoms with Crippen molar-refractivity contribution >= 4 is 33.6 Å². The second kappa shape index (κ2) is 8.02. The van der Waals surface area contributed by atoms with Gasteiger partial charge in [-0.05, 0) is 50.5 Å². The standard InChI is InChI=1S/C15H22BrN3O2/c1-5-6-17-14(20)11(4)18-15(21)19-13-9(2)7-12(16)8-10(13)3/h7-8,11H,5-6H2,1-4H3,(H,17,20)(H2,18,19,21)/t11-/m0/s1. The Hall–Kier alpha value is -1.56. The molecule has 0 aliphatic heterocycles. The number of aryl methyl sites for hydroxylation is 2. The highest BCUT2D eigenvalue weighted by molar-refractivity contribution is 9.10. The molecule has 0 aromatic heterocycles. The van der Waals surface area contributed by atoms with Crippen LogP contribution in [0.15, 0.2) is 16.6 Å². The van der Waals surface area contributed by atoms with Gasteiger partial charge in [-0.1, -0.05) is 22.9 Å². The van der Waals surface area contributed by atoms with Crippen molar-refractivity contribution in [2.24, 2.45) is 0 Å². The van der Waals surface area contributed by atoms with E-state index >= 15 is 0 Å². The summed E-state index contributed by atoms with van der Waals surface area (Å²) in [5.41, 5.74) is 2.68. The number of carbonyl (C=O) groups is 2. The first kappa shape index (κ1) is 17.5. The van der Waals surface area contributed by atoms with Crippen LogP contribution in [0, 0.1) is 13.8 Å². The third-order valence-corrected chi connectivity index (χ3v) is 3.48. The first-order valence-electron chi connectivity index (χ1n) is 6.97. The van der Waals surface area contributed by atoms with Crippen LogP contribution in [0.5, 0.6) is 0 Å². The van der Waals surface area contributed by atoms with Crippen LogP contribution in [-0.2, 0) is 4.79 Å². The van der Waals surface area contributed by atoms with Gasteiger partial charge in [0.2, 0.25) is 5.91 Å². The van der Waals surface area contributed by atoms with Crippen LogP contribution in [0.2, 0.25) is 0 Å². The number of anilines is 1. The first-order valence-corrected chi connectivity index (χ1v) is 7.76. The lowest BCUT2D eigenvalue weighted by molar-refractivity contribution is -0.122. The molecule has 0 aliphatic carbocycles. The molecule has 0 aliphatic rings. The van der Waals surface area contributed by atoms with Crippen molar-refractivity contribution in [1.82, 2.24) is 10.6 Å². The van der Waals surface area contributed by atoms with Crippen molar-refractivity contribution in [3.63, 3.8) is 0 Å². The third-order valence-electron chi connectivity index (χ3n) is 3.03. The van der Waals surface area contributed by atoms with E-state index in [1.807, 2.05) is 32.9 Å². The highest BCUT2D eigenvalue weighted by Crippen LogP contribution is 2.24. The van der Waals surface area contributed by atoms with E-state index in [-0.39, 0.29) is 11.9 Å². The molecule has 0 heterocycles. The summed E-state index contributed by atoms with van der Waals surface area (Å²) >= 11 is 3.42. The number of halogens is 1. The van der Waals surface area contributed by atoms with Crippen molar-refractivity contribution < 1.29 is 9.59 Å². The highest BCUT2D eigenvalue weighted by atomic mass is 79.9. The maximum atomic E-state index is 12.0. The molecule has 1 rings (SSSR count). The van der Waals surface area contributed by atoms with E-state index in [2.05, 4.69) is 31.9 Å². The van der Waals surface area contributed by atoms with Crippen LogP contribution in [-0.4, -0.2) is 24.5 Å². The SMILES string of the molecule is CCCNC(=O)[C@H](C)NC(=O)Nc1c(C)cc(Br)cc1C. The zero-order valence-electron chi connectivity index (χ0n) is 12.8. The Morgan fingerprint density at radius 2 is 1.81 bits per heavy atom. The molecule has 1 atom stereocenters. The molecule has 5 nitrogen and oxygen atoms in total. The molecule has 0 fully saturated rings. The number of urea groups is 1. The summed E-state index contributed by atoms with van der Waals surface area (Å²) in [6.07, 6.45) is 0.863. The molecule has 116 valence electrons. The number of nitrogens with one attached hydrogen (secondary N) is 3. The zero-order valence-corrected chi connectivity index (χ0v) is 14.4. The predicted octanol–water partition coefficient (Wildman–Crippen LogP) is 3.10. The minimum absolute atomic E-state index is 0.184. The van der Waals surface area contributed by atoms with Crippen molar-refractivity contribution in [3.05, 3.63) is 27.7 Å². The lowest BCUT2D eigenvalue weighted by atomic mass is 10.1. The molecule has 0 bridgehead atoms. The van der Waals surface area contributed by atoms with E-state index in [0.29, 0.717) is 6.54 Å². The Labute approximate surface area is 134 Å². The summed E-state index contributed by atoms with van der Waals surface area (Å²) in [6, 6.07) is 2.90. The van der Waals surface area contributed by atoms with Gasteiger partial charge in [-0.2, -0.15) is 0 Å². The molecule has 3 amide bonds. The molecular weight excluding hydrogens is 334 g/mol. The van der Waals surface area contributed by atoms with Gasteiger partial charge < -0.3 is 16.0 Å². The molecule has 1 aromatic rings. The van der Waals surface area contributed by atoms with E-state index in [9.17, 15) is 9.59 Å². The van der Waals surface area contributed by atoms with Crippen LogP contribution in [0.4, 0.5) is 10.5 Å². The lowest BCUT2D eigenvalue weighted by Crippen LogP contribution is -2.46. The number of carbonyl (C=O) groups excluding carboxylic acids is 2. The summed E-state index contributed by atoms with van der Waals surface area (Å²) < 4.78 is 0.968. The molecule has 0 saturated heterocycles. The van der Waals surface area contributed by atoms with Gasteiger partial charge >= 0.3 is 6.03 Å². The number of benzene rings is 1. The van der Waals surface area contributed by atoms with E-state index < -0.39 is 6.04 Å². The molecule has 0 unspecified atom stereocenters. The van der Waals surface area contributed by atoms with Gasteiger partial charge in [-0.15, -0.1) is 0 Å². The fourth-order valence-corrected chi connectivity index (χ4v) is 2.61. The monoisotopic (exact) mass is 355 g/mol. The molecular formula is C15H22BrN3O2. The molecule has 0 radical (unpaired) electrons. The van der Waals surface area contributed by atoms with Gasteiger partial charge in [0.25, 0.3) is 0 Å². The second-order valence-corrected chi connectivity index (χ2v) is 5.94. The fraction of sp³-hybridized carbons (Fsp3) is 0.467. The van der Waals surface area contributed by atoms with Crippen LogP contribution in [0.3, 0.4) is 0 Å². The Morgan fingerprint density at radius 1 is 1.24 bits per heavy atom. The second-order valence-electron chi connectivity index (χ2n) is 5.03. The maximum Gasteiger partial charge on any atom is 0.319 e. The van der Waals surface area contributed by atoms with Crippen molar-refractivity contribution in [2.75, 3.05) is 11.9 Å². The normalized spacial score (nSPS) is 11.7. The quantitative estimate of drug-likeness (QED) is 0.759. The largest absolute Gasteiger partial charge is 0.354 e. The van der Waals surface area contributed by atoms with Gasteiger partial charge in [-0.25, -0.2) is 4.79 Å². The van der Waals surface area contributed by atoms with Crippen molar-refractivity contribution in [2.45, 2.75) is 40.2 Å². The van der Waals surface area contributed by atoms with E-state index in [1.54, 1.807) is 6.92 Å². The van der Waals surface area contributed by atoms with Gasteiger partial charge in [0.15, 0.2) is 0 Å². The van der Waals surface area contributed by atoms with E-state index in [1.165, 1.54) is 0 Å². The summed E-state index contributed by atoms with van der Waals surface area (Å²) in [7, 11) is 0. The Morgan fingerprint density at radius 3 is 2.33 bits per heavy atom. The average Bonchev–Trinajstić information content (AvgIpc) is 2.39. The summed E-state index contributed by atoms with van der Waals surface area (Å²) in [5.74, 6) is -0.184. The zero-order chi connectivity index (χ0) is 16.0. The van der Waals surface area contributed by atoms with E-state index in [0.717, 1.165) is 27.7 Å². The smallest absolute Gasteiger partial charge is 0.319 e. The fourth-order valence-electron chi connectivity index (χ4n) is 1.92. The summed E-state index contributed by atoms with van der Waals surface area (Å²) in [4.78, 5) is 23.7. The van der Waals surface area contributed by atoms with Crippen LogP contribution in [0.1, 0.15) is 31.4 Å². The number of amides is 3. The van der Waals surface area contributed by atoms with Crippen LogP contribution in [0.25, 0.3) is 0 Å². The average molecular weight is 356 g/mol. The molecule has 3 N–H and O–H groups in total. The van der Waals surface area contributed by atoms with Crippen LogP contribution < -0.4 is 16.0 Å². The van der Waals surface area contributed by atoms with Crippen LogP contribution >= 0.6 is 15.9 Å². The van der Waals surface area contributed by atoms with Gasteiger partial charge in [-0.3, -0.25) is 4.79 Å². The lowest BCUT2D eigenvalue weighted by Gasteiger charge is -2.16. The Balaban J connectivity index is 2.64.